The maximum Gasteiger partial charge on any atom is 0.123 e. The summed E-state index contributed by atoms with van der Waals surface area (Å²) in [4.78, 5) is 0. The summed E-state index contributed by atoms with van der Waals surface area (Å²) >= 11 is 0. The van der Waals surface area contributed by atoms with E-state index in [1.54, 1.807) is 7.11 Å². The molecule has 0 fully saturated rings. The van der Waals surface area contributed by atoms with Crippen LogP contribution in [0, 0.1) is 0 Å². The monoisotopic (exact) mass is 250 g/mol. The van der Waals surface area contributed by atoms with E-state index in [1.807, 2.05) is 13.0 Å². The second kappa shape index (κ2) is 8.87. The van der Waals surface area contributed by atoms with E-state index in [0.717, 1.165) is 44.7 Å². The molecular formula is C14H23BO3. The van der Waals surface area contributed by atoms with Crippen molar-refractivity contribution in [2.45, 2.75) is 26.5 Å². The molecule has 0 unspecified atom stereocenters. The summed E-state index contributed by atoms with van der Waals surface area (Å²) in [5.74, 6) is 1.75. The number of hydrogen-bond donors (Lipinski definition) is 0. The fourth-order valence-electron chi connectivity index (χ4n) is 1.76. The molecule has 0 heterocycles. The Hall–Kier alpha value is -1.16. The standard InChI is InChI=1S/C14H23BO3/c1-4-17-6-5-7-18-14-9-12(11-15-2)8-13(10-14)16-3/h8-10,15H,4-7,11H2,1-3H3. The lowest BCUT2D eigenvalue weighted by Crippen LogP contribution is -2.03. The highest BCUT2D eigenvalue weighted by Crippen LogP contribution is 2.23. The maximum absolute atomic E-state index is 5.72. The first-order valence-electron chi connectivity index (χ1n) is 6.68. The molecule has 100 valence electrons. The van der Waals surface area contributed by atoms with Gasteiger partial charge in [-0.15, -0.1) is 0 Å². The molecule has 3 nitrogen and oxygen atoms in total. The van der Waals surface area contributed by atoms with Crippen molar-refractivity contribution in [2.24, 2.45) is 0 Å². The van der Waals surface area contributed by atoms with Crippen molar-refractivity contribution >= 4 is 7.28 Å². The van der Waals surface area contributed by atoms with Crippen LogP contribution in [0.3, 0.4) is 0 Å². The summed E-state index contributed by atoms with van der Waals surface area (Å²) < 4.78 is 16.3. The van der Waals surface area contributed by atoms with Crippen LogP contribution in [0.25, 0.3) is 0 Å². The van der Waals surface area contributed by atoms with Crippen molar-refractivity contribution in [1.29, 1.82) is 0 Å². The molecule has 0 radical (unpaired) electrons. The quantitative estimate of drug-likeness (QED) is 0.497. The van der Waals surface area contributed by atoms with Gasteiger partial charge in [0.15, 0.2) is 0 Å². The van der Waals surface area contributed by atoms with Crippen molar-refractivity contribution in [3.8, 4) is 11.5 Å². The lowest BCUT2D eigenvalue weighted by molar-refractivity contribution is 0.131. The maximum atomic E-state index is 5.72. The summed E-state index contributed by atoms with van der Waals surface area (Å²) in [6.07, 6.45) is 1.96. The number of rotatable bonds is 9. The average Bonchev–Trinajstić information content (AvgIpc) is 2.38. The van der Waals surface area contributed by atoms with E-state index < -0.39 is 0 Å². The SMILES string of the molecule is CBCc1cc(OC)cc(OCCCOCC)c1. The molecule has 0 aliphatic heterocycles. The molecule has 0 N–H and O–H groups in total. The van der Waals surface area contributed by atoms with Gasteiger partial charge in [-0.25, -0.2) is 0 Å². The molecule has 0 saturated heterocycles. The smallest absolute Gasteiger partial charge is 0.123 e. The van der Waals surface area contributed by atoms with Crippen molar-refractivity contribution in [3.05, 3.63) is 23.8 Å². The van der Waals surface area contributed by atoms with E-state index in [4.69, 9.17) is 14.2 Å². The summed E-state index contributed by atoms with van der Waals surface area (Å²) in [5.41, 5.74) is 1.26. The molecule has 0 aliphatic rings. The van der Waals surface area contributed by atoms with Crippen LogP contribution < -0.4 is 9.47 Å². The summed E-state index contributed by atoms with van der Waals surface area (Å²) in [6, 6.07) is 6.09. The van der Waals surface area contributed by atoms with Gasteiger partial charge >= 0.3 is 0 Å². The fraction of sp³-hybridized carbons (Fsp3) is 0.571. The normalized spacial score (nSPS) is 10.2. The minimum absolute atomic E-state index is 0.679. The predicted octanol–water partition coefficient (Wildman–Crippen LogP) is 2.49. The first kappa shape index (κ1) is 14.9. The van der Waals surface area contributed by atoms with Crippen molar-refractivity contribution in [2.75, 3.05) is 26.9 Å². The Kier molecular flexibility index (Phi) is 7.34. The number of ether oxygens (including phenoxy) is 3. The lowest BCUT2D eigenvalue weighted by atomic mass is 9.75. The van der Waals surface area contributed by atoms with Crippen LogP contribution in [0.5, 0.6) is 11.5 Å². The molecular weight excluding hydrogens is 227 g/mol. The molecule has 1 aromatic rings. The van der Waals surface area contributed by atoms with Crippen LogP contribution in [0.2, 0.25) is 6.82 Å². The average molecular weight is 250 g/mol. The largest absolute Gasteiger partial charge is 0.497 e. The minimum atomic E-state index is 0.679. The number of methoxy groups -OCH3 is 1. The molecule has 1 rings (SSSR count). The Labute approximate surface area is 111 Å². The van der Waals surface area contributed by atoms with E-state index in [0.29, 0.717) is 6.61 Å². The lowest BCUT2D eigenvalue weighted by Gasteiger charge is -2.10. The molecule has 0 aliphatic carbocycles. The van der Waals surface area contributed by atoms with Gasteiger partial charge in [0, 0.05) is 25.7 Å². The molecule has 18 heavy (non-hydrogen) atoms. The second-order valence-electron chi connectivity index (χ2n) is 4.17. The van der Waals surface area contributed by atoms with Crippen LogP contribution >= 0.6 is 0 Å². The zero-order valence-electron chi connectivity index (χ0n) is 11.7. The van der Waals surface area contributed by atoms with E-state index in [2.05, 4.69) is 19.0 Å². The summed E-state index contributed by atoms with van der Waals surface area (Å²) in [6.45, 7) is 6.36. The highest BCUT2D eigenvalue weighted by atomic mass is 16.5. The van der Waals surface area contributed by atoms with Crippen LogP contribution in [0.1, 0.15) is 18.9 Å². The molecule has 4 heteroatoms. The van der Waals surface area contributed by atoms with E-state index >= 15 is 0 Å². The third-order valence-electron chi connectivity index (χ3n) is 2.62. The summed E-state index contributed by atoms with van der Waals surface area (Å²) in [5, 5.41) is 0. The van der Waals surface area contributed by atoms with Gasteiger partial charge in [0.1, 0.15) is 18.8 Å². The third-order valence-corrected chi connectivity index (χ3v) is 2.62. The van der Waals surface area contributed by atoms with Gasteiger partial charge in [-0.05, 0) is 24.6 Å². The molecule has 0 aromatic heterocycles. The topological polar surface area (TPSA) is 27.7 Å². The van der Waals surface area contributed by atoms with Gasteiger partial charge in [0.2, 0.25) is 0 Å². The minimum Gasteiger partial charge on any atom is -0.497 e. The second-order valence-corrected chi connectivity index (χ2v) is 4.17. The molecule has 0 bridgehead atoms. The molecule has 0 spiro atoms. The first-order valence-corrected chi connectivity index (χ1v) is 6.68. The van der Waals surface area contributed by atoms with Crippen molar-refractivity contribution in [3.63, 3.8) is 0 Å². The predicted molar refractivity (Wildman–Crippen MR) is 76.3 cm³/mol. The zero-order valence-corrected chi connectivity index (χ0v) is 11.7. The molecule has 0 atom stereocenters. The van der Waals surface area contributed by atoms with Crippen LogP contribution in [0.15, 0.2) is 18.2 Å². The zero-order chi connectivity index (χ0) is 13.2. The fourth-order valence-corrected chi connectivity index (χ4v) is 1.76. The Morgan fingerprint density at radius 2 is 1.89 bits per heavy atom. The third kappa shape index (κ3) is 5.45. The highest BCUT2D eigenvalue weighted by molar-refractivity contribution is 6.32. The van der Waals surface area contributed by atoms with Crippen LogP contribution in [-0.2, 0) is 11.1 Å². The Morgan fingerprint density at radius 3 is 2.56 bits per heavy atom. The van der Waals surface area contributed by atoms with E-state index in [9.17, 15) is 0 Å². The van der Waals surface area contributed by atoms with Gasteiger partial charge in [-0.3, -0.25) is 0 Å². The highest BCUT2D eigenvalue weighted by Gasteiger charge is 2.02. The van der Waals surface area contributed by atoms with E-state index in [-0.39, 0.29) is 0 Å². The molecule has 1 aromatic carbocycles. The van der Waals surface area contributed by atoms with Gasteiger partial charge in [0.05, 0.1) is 13.7 Å². The summed E-state index contributed by atoms with van der Waals surface area (Å²) in [7, 11) is 2.81. The Bertz CT molecular complexity index is 342. The van der Waals surface area contributed by atoms with Gasteiger partial charge in [-0.1, -0.05) is 13.1 Å². The van der Waals surface area contributed by atoms with Crippen molar-refractivity contribution < 1.29 is 14.2 Å². The van der Waals surface area contributed by atoms with Crippen LogP contribution in [-0.4, -0.2) is 34.2 Å². The number of benzene rings is 1. The van der Waals surface area contributed by atoms with Gasteiger partial charge in [-0.2, -0.15) is 0 Å². The molecule has 0 amide bonds. The Balaban J connectivity index is 2.50. The van der Waals surface area contributed by atoms with E-state index in [1.165, 1.54) is 5.56 Å². The van der Waals surface area contributed by atoms with Gasteiger partial charge < -0.3 is 14.2 Å². The van der Waals surface area contributed by atoms with Crippen LogP contribution in [0.4, 0.5) is 0 Å². The van der Waals surface area contributed by atoms with Crippen molar-refractivity contribution in [1.82, 2.24) is 0 Å². The van der Waals surface area contributed by atoms with Gasteiger partial charge in [0.25, 0.3) is 0 Å². The first-order chi connectivity index (χ1) is 8.80. The Morgan fingerprint density at radius 1 is 1.11 bits per heavy atom. The molecule has 0 saturated carbocycles. The number of hydrogen-bond acceptors (Lipinski definition) is 3.